The lowest BCUT2D eigenvalue weighted by Gasteiger charge is -2.17. The van der Waals surface area contributed by atoms with Crippen molar-refractivity contribution in [1.29, 1.82) is 0 Å². The van der Waals surface area contributed by atoms with E-state index in [1.165, 1.54) is 21.7 Å². The summed E-state index contributed by atoms with van der Waals surface area (Å²) in [6, 6.07) is 47.1. The van der Waals surface area contributed by atoms with Crippen molar-refractivity contribution in [3.63, 3.8) is 0 Å². The number of nitrogens with zero attached hydrogens (tertiary/aromatic N) is 4. The zero-order chi connectivity index (χ0) is 29.9. The predicted octanol–water partition coefficient (Wildman–Crippen LogP) is 6.99. The Labute approximate surface area is 260 Å². The summed E-state index contributed by atoms with van der Waals surface area (Å²) in [6.07, 6.45) is 3.84. The normalized spacial score (nSPS) is 11.7. The van der Waals surface area contributed by atoms with Crippen LogP contribution in [0.15, 0.2) is 150 Å². The quantitative estimate of drug-likeness (QED) is 0.207. The van der Waals surface area contributed by atoms with Crippen LogP contribution in [-0.4, -0.2) is 26.0 Å². The van der Waals surface area contributed by atoms with E-state index in [0.717, 1.165) is 55.5 Å². The molecular formula is C39H27BN4O. The maximum atomic E-state index is 6.62. The van der Waals surface area contributed by atoms with Crippen LogP contribution in [0.4, 0.5) is 0 Å². The molecule has 0 N–H and O–H groups in total. The van der Waals surface area contributed by atoms with Gasteiger partial charge in [-0.15, -0.1) is 0 Å². The van der Waals surface area contributed by atoms with E-state index >= 15 is 0 Å². The molecule has 4 aromatic heterocycles. The third-order valence-corrected chi connectivity index (χ3v) is 8.88. The second-order valence-electron chi connectivity index (χ2n) is 11.6. The first kappa shape index (κ1) is 25.6. The first-order valence-electron chi connectivity index (χ1n) is 15.2. The Hall–Kier alpha value is -5.88. The van der Waals surface area contributed by atoms with Crippen molar-refractivity contribution in [2.45, 2.75) is 0 Å². The Morgan fingerprint density at radius 1 is 0.622 bits per heavy atom. The van der Waals surface area contributed by atoms with Gasteiger partial charge in [-0.3, -0.25) is 9.25 Å². The van der Waals surface area contributed by atoms with Crippen molar-refractivity contribution in [1.82, 2.24) is 19.3 Å². The molecule has 0 amide bonds. The van der Waals surface area contributed by atoms with Crippen molar-refractivity contribution in [2.75, 3.05) is 0 Å². The zero-order valence-electron chi connectivity index (χ0n) is 24.6. The molecule has 5 aromatic carbocycles. The van der Waals surface area contributed by atoms with Crippen molar-refractivity contribution in [2.24, 2.45) is 7.05 Å². The number of fused-ring (bicyclic) bond motifs is 6. The van der Waals surface area contributed by atoms with Gasteiger partial charge in [-0.05, 0) is 41.9 Å². The summed E-state index contributed by atoms with van der Waals surface area (Å²) in [5, 5.41) is 9.36. The molecule has 0 radical (unpaired) electrons. The van der Waals surface area contributed by atoms with Crippen LogP contribution in [-0.2, 0) is 7.05 Å². The summed E-state index contributed by atoms with van der Waals surface area (Å²) in [5.74, 6) is 0.897. The molecule has 0 aliphatic carbocycles. The summed E-state index contributed by atoms with van der Waals surface area (Å²) >= 11 is 0. The lowest BCUT2D eigenvalue weighted by molar-refractivity contribution is 0.671. The van der Waals surface area contributed by atoms with Crippen molar-refractivity contribution in [3.05, 3.63) is 146 Å². The van der Waals surface area contributed by atoms with Gasteiger partial charge in [0.1, 0.15) is 17.0 Å². The number of pyridine rings is 1. The molecule has 6 heteroatoms. The van der Waals surface area contributed by atoms with Gasteiger partial charge in [0.15, 0.2) is 0 Å². The maximum absolute atomic E-state index is 6.62. The summed E-state index contributed by atoms with van der Waals surface area (Å²) < 4.78 is 10.7. The largest absolute Gasteiger partial charge is 0.457 e. The molecule has 0 saturated heterocycles. The number of hydrogen-bond acceptors (Lipinski definition) is 3. The van der Waals surface area contributed by atoms with Gasteiger partial charge in [0.05, 0.1) is 16.7 Å². The van der Waals surface area contributed by atoms with Gasteiger partial charge >= 0.3 is 0 Å². The Bertz CT molecular complexity index is 2520. The Morgan fingerprint density at radius 2 is 1.40 bits per heavy atom. The molecular weight excluding hydrogens is 551 g/mol. The minimum Gasteiger partial charge on any atom is -0.457 e. The highest BCUT2D eigenvalue weighted by molar-refractivity contribution is 6.97. The van der Waals surface area contributed by atoms with Gasteiger partial charge in [-0.1, -0.05) is 108 Å². The molecule has 0 aliphatic rings. The molecule has 9 aromatic rings. The Kier molecular flexibility index (Phi) is 5.75. The second-order valence-corrected chi connectivity index (χ2v) is 11.6. The number of aromatic nitrogens is 4. The highest BCUT2D eigenvalue weighted by Crippen LogP contribution is 2.31. The van der Waals surface area contributed by atoms with E-state index in [9.17, 15) is 0 Å². The molecule has 0 aliphatic heterocycles. The van der Waals surface area contributed by atoms with Crippen LogP contribution in [0, 0.1) is 0 Å². The number of para-hydroxylation sites is 3. The summed E-state index contributed by atoms with van der Waals surface area (Å²) in [5.41, 5.74) is 9.57. The lowest BCUT2D eigenvalue weighted by Crippen LogP contribution is -2.52. The molecule has 0 unspecified atom stereocenters. The van der Waals surface area contributed by atoms with E-state index in [4.69, 9.17) is 14.5 Å². The first-order chi connectivity index (χ1) is 22.2. The molecule has 0 atom stereocenters. The predicted molar refractivity (Wildman–Crippen MR) is 186 cm³/mol. The highest BCUT2D eigenvalue weighted by Gasteiger charge is 2.28. The minimum atomic E-state index is -0.0995. The van der Waals surface area contributed by atoms with Gasteiger partial charge in [-0.2, -0.15) is 5.10 Å². The van der Waals surface area contributed by atoms with E-state index in [1.807, 2.05) is 48.4 Å². The van der Waals surface area contributed by atoms with E-state index in [-0.39, 0.29) is 6.71 Å². The van der Waals surface area contributed by atoms with Gasteiger partial charge in [0.2, 0.25) is 6.71 Å². The van der Waals surface area contributed by atoms with E-state index < -0.39 is 0 Å². The molecule has 0 bridgehead atoms. The van der Waals surface area contributed by atoms with Crippen LogP contribution in [0.25, 0.3) is 60.8 Å². The van der Waals surface area contributed by atoms with Gasteiger partial charge in [-0.25, -0.2) is 4.98 Å². The second kappa shape index (κ2) is 10.1. The highest BCUT2D eigenvalue weighted by atomic mass is 16.3. The van der Waals surface area contributed by atoms with Crippen LogP contribution < -0.4 is 16.4 Å². The average molecular weight is 578 g/mol. The fraction of sp³-hybridized carbons (Fsp3) is 0.0256. The molecule has 4 heterocycles. The maximum Gasteiger partial charge on any atom is 0.246 e. The average Bonchev–Trinajstić information content (AvgIpc) is 3.79. The standard InChI is InChI=1S/C39H27BN4O/c1-43-23-21-34(42-43)26-10-8-11-27(24-26)40(33-15-9-14-32-31-13-3-5-17-37(31)45-39(32)33)28-19-20-30-29-12-2-4-16-35(29)44(36(30)25-28)38-18-6-7-22-41-38/h2-25H,1H3. The first-order valence-corrected chi connectivity index (χ1v) is 15.2. The topological polar surface area (TPSA) is 48.8 Å². The lowest BCUT2D eigenvalue weighted by atomic mass is 9.36. The van der Waals surface area contributed by atoms with E-state index in [0.29, 0.717) is 0 Å². The minimum absolute atomic E-state index is 0.0995. The third kappa shape index (κ3) is 4.10. The molecule has 212 valence electrons. The number of furan rings is 1. The Balaban J connectivity index is 1.34. The van der Waals surface area contributed by atoms with Crippen LogP contribution in [0.5, 0.6) is 0 Å². The smallest absolute Gasteiger partial charge is 0.246 e. The van der Waals surface area contributed by atoms with Crippen molar-refractivity contribution >= 4 is 66.8 Å². The third-order valence-electron chi connectivity index (χ3n) is 8.88. The van der Waals surface area contributed by atoms with Gasteiger partial charge in [0, 0.05) is 46.5 Å². The van der Waals surface area contributed by atoms with Gasteiger partial charge in [0.25, 0.3) is 0 Å². The Morgan fingerprint density at radius 3 is 2.27 bits per heavy atom. The van der Waals surface area contributed by atoms with Crippen molar-refractivity contribution in [3.8, 4) is 17.1 Å². The van der Waals surface area contributed by atoms with Crippen LogP contribution >= 0.6 is 0 Å². The number of rotatable bonds is 5. The summed E-state index contributed by atoms with van der Waals surface area (Å²) in [6.45, 7) is -0.0995. The molecule has 0 saturated carbocycles. The molecule has 45 heavy (non-hydrogen) atoms. The number of aryl methyl sites for hydroxylation is 1. The van der Waals surface area contributed by atoms with Crippen molar-refractivity contribution < 1.29 is 4.42 Å². The monoisotopic (exact) mass is 578 g/mol. The fourth-order valence-electron chi connectivity index (χ4n) is 6.89. The van der Waals surface area contributed by atoms with Crippen LogP contribution in [0.3, 0.4) is 0 Å². The molecule has 9 rings (SSSR count). The molecule has 0 spiro atoms. The van der Waals surface area contributed by atoms with Crippen LogP contribution in [0.1, 0.15) is 0 Å². The molecule has 0 fully saturated rings. The van der Waals surface area contributed by atoms with E-state index in [1.54, 1.807) is 0 Å². The summed E-state index contributed by atoms with van der Waals surface area (Å²) in [4.78, 5) is 4.76. The van der Waals surface area contributed by atoms with E-state index in [2.05, 4.69) is 114 Å². The summed E-state index contributed by atoms with van der Waals surface area (Å²) in [7, 11) is 1.95. The number of hydrogen-bond donors (Lipinski definition) is 0. The number of benzene rings is 5. The van der Waals surface area contributed by atoms with Crippen LogP contribution in [0.2, 0.25) is 0 Å². The van der Waals surface area contributed by atoms with Gasteiger partial charge < -0.3 is 4.42 Å². The SMILES string of the molecule is Cn1ccc(-c2cccc(B(c3ccc4c5ccccc5n(-c5ccccn5)c4c3)c3cccc4c3oc3ccccc34)c2)n1. The fourth-order valence-corrected chi connectivity index (χ4v) is 6.89. The molecule has 5 nitrogen and oxygen atoms in total. The zero-order valence-corrected chi connectivity index (χ0v) is 24.6.